The molecule has 1 aromatic carbocycles. The van der Waals surface area contributed by atoms with Crippen molar-refractivity contribution in [2.45, 2.75) is 50.6 Å². The number of nitrogens with zero attached hydrogens (tertiary/aromatic N) is 1. The standard InChI is InChI=1S/C26H28N2O4S2/c1-32-26(31)18-8-5-11-20(16-18)28(23(29)17-21-12-6-14-33-21)24(22-13-7-15-34-22)25(30)27-19-9-3-2-4-10-19/h5-8,11-16,19,24H,2-4,9-10,17H2,1H3,(H,27,30)/t24-/m1/s1. The summed E-state index contributed by atoms with van der Waals surface area (Å²) in [6.45, 7) is 0. The fraction of sp³-hybridized carbons (Fsp3) is 0.346. The number of nitrogens with one attached hydrogen (secondary N) is 1. The summed E-state index contributed by atoms with van der Waals surface area (Å²) in [5.74, 6) is -0.897. The van der Waals surface area contributed by atoms with E-state index in [1.54, 1.807) is 24.3 Å². The fourth-order valence-corrected chi connectivity index (χ4v) is 5.84. The number of carbonyl (C=O) groups is 3. The summed E-state index contributed by atoms with van der Waals surface area (Å²) < 4.78 is 4.88. The summed E-state index contributed by atoms with van der Waals surface area (Å²) in [5.41, 5.74) is 0.813. The smallest absolute Gasteiger partial charge is 0.337 e. The maximum absolute atomic E-state index is 13.7. The molecule has 2 aromatic heterocycles. The Morgan fingerprint density at radius 1 is 1.03 bits per heavy atom. The quantitative estimate of drug-likeness (QED) is 0.426. The van der Waals surface area contributed by atoms with Crippen LogP contribution in [0.5, 0.6) is 0 Å². The number of rotatable bonds is 8. The number of esters is 1. The van der Waals surface area contributed by atoms with E-state index in [9.17, 15) is 14.4 Å². The van der Waals surface area contributed by atoms with Gasteiger partial charge in [-0.3, -0.25) is 14.5 Å². The molecule has 1 N–H and O–H groups in total. The van der Waals surface area contributed by atoms with E-state index in [0.29, 0.717) is 11.3 Å². The van der Waals surface area contributed by atoms with E-state index in [1.807, 2.05) is 35.0 Å². The molecule has 1 aliphatic carbocycles. The maximum Gasteiger partial charge on any atom is 0.337 e. The van der Waals surface area contributed by atoms with Crippen molar-refractivity contribution < 1.29 is 19.1 Å². The van der Waals surface area contributed by atoms with E-state index in [1.165, 1.54) is 41.1 Å². The molecule has 34 heavy (non-hydrogen) atoms. The zero-order chi connectivity index (χ0) is 23.9. The number of hydrogen-bond acceptors (Lipinski definition) is 6. The third kappa shape index (κ3) is 5.74. The van der Waals surface area contributed by atoms with Crippen LogP contribution >= 0.6 is 22.7 Å². The van der Waals surface area contributed by atoms with Crippen molar-refractivity contribution >= 4 is 46.1 Å². The van der Waals surface area contributed by atoms with Gasteiger partial charge in [0, 0.05) is 21.5 Å². The van der Waals surface area contributed by atoms with E-state index >= 15 is 0 Å². The molecule has 8 heteroatoms. The summed E-state index contributed by atoms with van der Waals surface area (Å²) in [6.07, 6.45) is 5.44. The molecule has 178 valence electrons. The van der Waals surface area contributed by atoms with Crippen molar-refractivity contribution in [2.75, 3.05) is 12.0 Å². The van der Waals surface area contributed by atoms with Gasteiger partial charge in [0.05, 0.1) is 19.1 Å². The van der Waals surface area contributed by atoms with Gasteiger partial charge in [-0.05, 0) is 53.9 Å². The first-order valence-electron chi connectivity index (χ1n) is 11.4. The average molecular weight is 497 g/mol. The number of anilines is 1. The second kappa shape index (κ2) is 11.4. The fourth-order valence-electron chi connectivity index (χ4n) is 4.33. The first-order chi connectivity index (χ1) is 16.6. The van der Waals surface area contributed by atoms with E-state index in [2.05, 4.69) is 5.32 Å². The Bertz CT molecular complexity index is 1110. The van der Waals surface area contributed by atoms with E-state index in [-0.39, 0.29) is 24.3 Å². The molecule has 3 aromatic rings. The lowest BCUT2D eigenvalue weighted by atomic mass is 9.95. The van der Waals surface area contributed by atoms with Gasteiger partial charge < -0.3 is 10.1 Å². The Morgan fingerprint density at radius 2 is 1.79 bits per heavy atom. The summed E-state index contributed by atoms with van der Waals surface area (Å²) in [5, 5.41) is 7.04. The molecule has 0 spiro atoms. The Balaban J connectivity index is 1.74. The summed E-state index contributed by atoms with van der Waals surface area (Å²) >= 11 is 2.94. The number of hydrogen-bond donors (Lipinski definition) is 1. The molecular weight excluding hydrogens is 468 g/mol. The summed E-state index contributed by atoms with van der Waals surface area (Å²) in [7, 11) is 1.32. The van der Waals surface area contributed by atoms with Crippen molar-refractivity contribution in [3.8, 4) is 0 Å². The predicted molar refractivity (Wildman–Crippen MR) is 135 cm³/mol. The largest absolute Gasteiger partial charge is 0.465 e. The lowest BCUT2D eigenvalue weighted by Gasteiger charge is -2.33. The number of amides is 2. The van der Waals surface area contributed by atoms with Gasteiger partial charge >= 0.3 is 5.97 Å². The molecule has 1 atom stereocenters. The number of carbonyl (C=O) groups excluding carboxylic acids is 3. The van der Waals surface area contributed by atoms with Crippen LogP contribution in [0.1, 0.15) is 58.3 Å². The topological polar surface area (TPSA) is 75.7 Å². The monoisotopic (exact) mass is 496 g/mol. The minimum atomic E-state index is -0.831. The lowest BCUT2D eigenvalue weighted by molar-refractivity contribution is -0.127. The second-order valence-electron chi connectivity index (χ2n) is 8.32. The first kappa shape index (κ1) is 24.2. The van der Waals surface area contributed by atoms with Crippen LogP contribution in [0.3, 0.4) is 0 Å². The van der Waals surface area contributed by atoms with E-state index < -0.39 is 12.0 Å². The molecule has 2 heterocycles. The third-order valence-corrected chi connectivity index (χ3v) is 7.79. The van der Waals surface area contributed by atoms with Gasteiger partial charge in [0.1, 0.15) is 6.04 Å². The molecule has 0 bridgehead atoms. The van der Waals surface area contributed by atoms with Gasteiger partial charge in [0.15, 0.2) is 0 Å². The van der Waals surface area contributed by atoms with Crippen LogP contribution in [0.2, 0.25) is 0 Å². The summed E-state index contributed by atoms with van der Waals surface area (Å²) in [4.78, 5) is 42.9. The van der Waals surface area contributed by atoms with Gasteiger partial charge in [0.25, 0.3) is 0 Å². The minimum absolute atomic E-state index is 0.111. The highest BCUT2D eigenvalue weighted by Crippen LogP contribution is 2.33. The van der Waals surface area contributed by atoms with Crippen LogP contribution < -0.4 is 10.2 Å². The van der Waals surface area contributed by atoms with Gasteiger partial charge in [-0.25, -0.2) is 4.79 Å². The van der Waals surface area contributed by atoms with Crippen molar-refractivity contribution in [1.29, 1.82) is 0 Å². The zero-order valence-corrected chi connectivity index (χ0v) is 20.7. The van der Waals surface area contributed by atoms with Gasteiger partial charge in [-0.2, -0.15) is 0 Å². The molecule has 0 unspecified atom stereocenters. The second-order valence-corrected chi connectivity index (χ2v) is 10.3. The molecule has 1 saturated carbocycles. The molecule has 2 amide bonds. The van der Waals surface area contributed by atoms with Crippen LogP contribution in [0.4, 0.5) is 5.69 Å². The van der Waals surface area contributed by atoms with Crippen LogP contribution in [0.15, 0.2) is 59.3 Å². The Hall–Kier alpha value is -2.97. The van der Waals surface area contributed by atoms with E-state index in [4.69, 9.17) is 4.74 Å². The van der Waals surface area contributed by atoms with Crippen molar-refractivity contribution in [3.63, 3.8) is 0 Å². The molecule has 1 fully saturated rings. The van der Waals surface area contributed by atoms with E-state index in [0.717, 1.165) is 35.4 Å². The van der Waals surface area contributed by atoms with Crippen molar-refractivity contribution in [1.82, 2.24) is 5.32 Å². The van der Waals surface area contributed by atoms with Gasteiger partial charge in [-0.1, -0.05) is 37.5 Å². The summed E-state index contributed by atoms with van der Waals surface area (Å²) in [6, 6.07) is 13.6. The molecule has 0 aliphatic heterocycles. The van der Waals surface area contributed by atoms with Crippen LogP contribution in [0.25, 0.3) is 0 Å². The zero-order valence-electron chi connectivity index (χ0n) is 19.1. The number of benzene rings is 1. The highest BCUT2D eigenvalue weighted by Gasteiger charge is 2.35. The molecule has 4 rings (SSSR count). The van der Waals surface area contributed by atoms with Crippen molar-refractivity contribution in [3.05, 3.63) is 74.6 Å². The highest BCUT2D eigenvalue weighted by atomic mass is 32.1. The first-order valence-corrected chi connectivity index (χ1v) is 13.2. The Kier molecular flexibility index (Phi) is 8.13. The SMILES string of the molecule is COC(=O)c1cccc(N(C(=O)Cc2cccs2)[C@@H](C(=O)NC2CCCCC2)c2cccs2)c1. The average Bonchev–Trinajstić information content (AvgIpc) is 3.57. The van der Waals surface area contributed by atoms with Gasteiger partial charge in [-0.15, -0.1) is 22.7 Å². The number of ether oxygens (including phenoxy) is 1. The van der Waals surface area contributed by atoms with Crippen molar-refractivity contribution in [2.24, 2.45) is 0 Å². The maximum atomic E-state index is 13.7. The van der Waals surface area contributed by atoms with Crippen LogP contribution in [-0.4, -0.2) is 30.9 Å². The number of methoxy groups -OCH3 is 1. The molecule has 0 radical (unpaired) electrons. The van der Waals surface area contributed by atoms with Crippen LogP contribution in [0, 0.1) is 0 Å². The highest BCUT2D eigenvalue weighted by molar-refractivity contribution is 7.10. The molecule has 1 aliphatic rings. The third-order valence-electron chi connectivity index (χ3n) is 5.99. The van der Waals surface area contributed by atoms with Gasteiger partial charge in [0.2, 0.25) is 11.8 Å². The Labute approximate surface area is 207 Å². The normalized spacial score (nSPS) is 14.9. The van der Waals surface area contributed by atoms with Crippen LogP contribution in [-0.2, 0) is 20.7 Å². The molecule has 6 nitrogen and oxygen atoms in total. The minimum Gasteiger partial charge on any atom is -0.465 e. The molecular formula is C26H28N2O4S2. The predicted octanol–water partition coefficient (Wildman–Crippen LogP) is 5.36. The Morgan fingerprint density at radius 3 is 2.47 bits per heavy atom. The molecule has 0 saturated heterocycles. The number of thiophene rings is 2. The lowest BCUT2D eigenvalue weighted by Crippen LogP contribution is -2.47.